The number of hydrogen-bond donors (Lipinski definition) is 2. The number of aromatic carboxylic acids is 1. The summed E-state index contributed by atoms with van der Waals surface area (Å²) in [6.45, 7) is 1.59. The first-order chi connectivity index (χ1) is 8.65. The summed E-state index contributed by atoms with van der Waals surface area (Å²) in [5, 5.41) is 9.08. The molecule has 2 aliphatic rings. The summed E-state index contributed by atoms with van der Waals surface area (Å²) in [6, 6.07) is 5.16. The van der Waals surface area contributed by atoms with Crippen LogP contribution in [0.15, 0.2) is 18.2 Å². The van der Waals surface area contributed by atoms with Crippen molar-refractivity contribution in [2.45, 2.75) is 25.0 Å². The van der Waals surface area contributed by atoms with Gasteiger partial charge in [-0.25, -0.2) is 4.79 Å². The van der Waals surface area contributed by atoms with Gasteiger partial charge in [0.1, 0.15) is 0 Å². The van der Waals surface area contributed by atoms with Crippen molar-refractivity contribution in [3.63, 3.8) is 0 Å². The molecule has 0 spiro atoms. The van der Waals surface area contributed by atoms with Crippen LogP contribution in [0.2, 0.25) is 0 Å². The number of fused-ring (bicyclic) bond motifs is 2. The molecule has 2 aliphatic heterocycles. The average Bonchev–Trinajstić information content (AvgIpc) is 2.68. The molecule has 1 aromatic rings. The fourth-order valence-electron chi connectivity index (χ4n) is 2.83. The van der Waals surface area contributed by atoms with Gasteiger partial charge in [-0.2, -0.15) is 0 Å². The molecule has 2 saturated heterocycles. The number of carbonyl (C=O) groups is 1. The zero-order valence-electron chi connectivity index (χ0n) is 10.0. The Kier molecular flexibility index (Phi) is 2.63. The maximum absolute atomic E-state index is 11.1. The Morgan fingerprint density at radius 1 is 1.33 bits per heavy atom. The summed E-state index contributed by atoms with van der Waals surface area (Å²) in [5.41, 5.74) is 7.30. The van der Waals surface area contributed by atoms with E-state index < -0.39 is 5.97 Å². The van der Waals surface area contributed by atoms with Crippen LogP contribution in [-0.4, -0.2) is 36.4 Å². The summed E-state index contributed by atoms with van der Waals surface area (Å²) in [5.74, 6) is -0.981. The van der Waals surface area contributed by atoms with E-state index in [0.717, 1.165) is 31.6 Å². The van der Waals surface area contributed by atoms with Gasteiger partial charge < -0.3 is 20.5 Å². The fourth-order valence-corrected chi connectivity index (χ4v) is 2.83. The topological polar surface area (TPSA) is 75.8 Å². The number of nitrogen functional groups attached to an aromatic ring is 1. The van der Waals surface area contributed by atoms with Gasteiger partial charge in [0.15, 0.2) is 0 Å². The van der Waals surface area contributed by atoms with Crippen molar-refractivity contribution in [2.24, 2.45) is 0 Å². The molecule has 0 aromatic heterocycles. The minimum Gasteiger partial charge on any atom is -0.478 e. The molecule has 2 unspecified atom stereocenters. The van der Waals surface area contributed by atoms with Crippen LogP contribution in [-0.2, 0) is 4.74 Å². The molecule has 18 heavy (non-hydrogen) atoms. The van der Waals surface area contributed by atoms with Crippen LogP contribution in [0.4, 0.5) is 11.4 Å². The quantitative estimate of drug-likeness (QED) is 0.772. The monoisotopic (exact) mass is 248 g/mol. The van der Waals surface area contributed by atoms with Gasteiger partial charge in [0.2, 0.25) is 0 Å². The van der Waals surface area contributed by atoms with E-state index in [1.807, 2.05) is 6.07 Å². The van der Waals surface area contributed by atoms with Crippen molar-refractivity contribution >= 4 is 17.3 Å². The molecule has 3 N–H and O–H groups in total. The molecule has 2 atom stereocenters. The van der Waals surface area contributed by atoms with Crippen molar-refractivity contribution in [3.05, 3.63) is 23.8 Å². The number of anilines is 2. The minimum atomic E-state index is -0.981. The number of ether oxygens (including phenoxy) is 1. The van der Waals surface area contributed by atoms with E-state index in [9.17, 15) is 4.79 Å². The number of benzene rings is 1. The molecule has 2 fully saturated rings. The van der Waals surface area contributed by atoms with Crippen LogP contribution in [0.25, 0.3) is 0 Å². The maximum atomic E-state index is 11.1. The molecule has 0 aliphatic carbocycles. The lowest BCUT2D eigenvalue weighted by molar-refractivity contribution is 0.0305. The predicted molar refractivity (Wildman–Crippen MR) is 67.9 cm³/mol. The second kappa shape index (κ2) is 4.17. The standard InChI is InChI=1S/C13H16N2O3/c14-12-10(13(16)17)2-1-3-11(12)15-6-8-4-5-9(7-15)18-8/h1-3,8-9H,4-7,14H2,(H,16,17). The van der Waals surface area contributed by atoms with Gasteiger partial charge in [0.25, 0.3) is 0 Å². The van der Waals surface area contributed by atoms with Crippen LogP contribution >= 0.6 is 0 Å². The Morgan fingerprint density at radius 3 is 2.61 bits per heavy atom. The van der Waals surface area contributed by atoms with Crippen molar-refractivity contribution in [2.75, 3.05) is 23.7 Å². The SMILES string of the molecule is Nc1c(C(=O)O)cccc1N1CC2CCC(C1)O2. The molecule has 5 nitrogen and oxygen atoms in total. The van der Waals surface area contributed by atoms with Crippen LogP contribution < -0.4 is 10.6 Å². The average molecular weight is 248 g/mol. The number of nitrogens with two attached hydrogens (primary N) is 1. The van der Waals surface area contributed by atoms with Crippen LogP contribution in [0.5, 0.6) is 0 Å². The highest BCUT2D eigenvalue weighted by atomic mass is 16.5. The third-order valence-corrected chi connectivity index (χ3v) is 3.70. The summed E-state index contributed by atoms with van der Waals surface area (Å²) in [4.78, 5) is 13.2. The molecule has 1 aromatic carbocycles. The number of carboxylic acids is 1. The Morgan fingerprint density at radius 2 is 2.00 bits per heavy atom. The summed E-state index contributed by atoms with van der Waals surface area (Å²) < 4.78 is 5.77. The molecule has 0 radical (unpaired) electrons. The first-order valence-corrected chi connectivity index (χ1v) is 6.17. The number of para-hydroxylation sites is 1. The maximum Gasteiger partial charge on any atom is 0.337 e. The van der Waals surface area contributed by atoms with Gasteiger partial charge in [-0.3, -0.25) is 0 Å². The third-order valence-electron chi connectivity index (χ3n) is 3.70. The summed E-state index contributed by atoms with van der Waals surface area (Å²) in [7, 11) is 0. The Labute approximate surface area is 105 Å². The lowest BCUT2D eigenvalue weighted by atomic mass is 10.1. The highest BCUT2D eigenvalue weighted by molar-refractivity contribution is 5.97. The minimum absolute atomic E-state index is 0.173. The zero-order chi connectivity index (χ0) is 12.7. The van der Waals surface area contributed by atoms with Gasteiger partial charge >= 0.3 is 5.97 Å². The molecule has 5 heteroatoms. The van der Waals surface area contributed by atoms with E-state index in [1.165, 1.54) is 6.07 Å². The first-order valence-electron chi connectivity index (χ1n) is 6.17. The number of hydrogen-bond acceptors (Lipinski definition) is 4. The molecule has 3 rings (SSSR count). The van der Waals surface area contributed by atoms with E-state index in [4.69, 9.17) is 15.6 Å². The summed E-state index contributed by atoms with van der Waals surface area (Å²) >= 11 is 0. The highest BCUT2D eigenvalue weighted by Crippen LogP contribution is 2.33. The van der Waals surface area contributed by atoms with Gasteiger partial charge in [0.05, 0.1) is 29.1 Å². The van der Waals surface area contributed by atoms with Crippen LogP contribution in [0.3, 0.4) is 0 Å². The second-order valence-electron chi connectivity index (χ2n) is 4.91. The van der Waals surface area contributed by atoms with Gasteiger partial charge in [-0.15, -0.1) is 0 Å². The molecule has 96 valence electrons. The Bertz CT molecular complexity index is 477. The number of nitrogens with zero attached hydrogens (tertiary/aromatic N) is 1. The van der Waals surface area contributed by atoms with Crippen molar-refractivity contribution in [1.29, 1.82) is 0 Å². The van der Waals surface area contributed by atoms with E-state index in [-0.39, 0.29) is 17.8 Å². The van der Waals surface area contributed by atoms with E-state index >= 15 is 0 Å². The van der Waals surface area contributed by atoms with Crippen molar-refractivity contribution in [1.82, 2.24) is 0 Å². The molecular weight excluding hydrogens is 232 g/mol. The molecule has 2 bridgehead atoms. The van der Waals surface area contributed by atoms with Crippen molar-refractivity contribution < 1.29 is 14.6 Å². The van der Waals surface area contributed by atoms with Crippen LogP contribution in [0, 0.1) is 0 Å². The third kappa shape index (κ3) is 1.80. The molecule has 0 amide bonds. The fraction of sp³-hybridized carbons (Fsp3) is 0.462. The second-order valence-corrected chi connectivity index (χ2v) is 4.91. The van der Waals surface area contributed by atoms with Gasteiger partial charge in [0, 0.05) is 13.1 Å². The van der Waals surface area contributed by atoms with E-state index in [2.05, 4.69) is 4.90 Å². The number of morpholine rings is 1. The number of carboxylic acid groups (broad SMARTS) is 1. The largest absolute Gasteiger partial charge is 0.478 e. The molecular formula is C13H16N2O3. The Hall–Kier alpha value is -1.75. The zero-order valence-corrected chi connectivity index (χ0v) is 10.0. The number of rotatable bonds is 2. The van der Waals surface area contributed by atoms with Crippen molar-refractivity contribution in [3.8, 4) is 0 Å². The highest BCUT2D eigenvalue weighted by Gasteiger charge is 2.34. The smallest absolute Gasteiger partial charge is 0.337 e. The van der Waals surface area contributed by atoms with Gasteiger partial charge in [-0.1, -0.05) is 6.07 Å². The lowest BCUT2D eigenvalue weighted by Crippen LogP contribution is -2.43. The Balaban J connectivity index is 1.92. The summed E-state index contributed by atoms with van der Waals surface area (Å²) in [6.07, 6.45) is 2.69. The first kappa shape index (κ1) is 11.3. The van der Waals surface area contributed by atoms with Gasteiger partial charge in [-0.05, 0) is 25.0 Å². The van der Waals surface area contributed by atoms with Crippen LogP contribution in [0.1, 0.15) is 23.2 Å². The van der Waals surface area contributed by atoms with E-state index in [1.54, 1.807) is 6.07 Å². The molecule has 2 heterocycles. The van der Waals surface area contributed by atoms with E-state index in [0.29, 0.717) is 5.69 Å². The normalized spacial score (nSPS) is 26.3. The lowest BCUT2D eigenvalue weighted by Gasteiger charge is -2.34. The molecule has 0 saturated carbocycles. The predicted octanol–water partition coefficient (Wildman–Crippen LogP) is 1.33.